The lowest BCUT2D eigenvalue weighted by molar-refractivity contribution is 0.0692. The summed E-state index contributed by atoms with van der Waals surface area (Å²) in [5.74, 6) is -1.60. The third kappa shape index (κ3) is 2.12. The van der Waals surface area contributed by atoms with Gasteiger partial charge in [-0.05, 0) is 17.3 Å². The first kappa shape index (κ1) is 11.2. The molecule has 1 aromatic heterocycles. The number of carbonyl (C=O) groups is 1. The molecular formula is C10H9FN4O2. The summed E-state index contributed by atoms with van der Waals surface area (Å²) in [7, 11) is 0. The van der Waals surface area contributed by atoms with Gasteiger partial charge in [0.05, 0.1) is 11.3 Å². The maximum absolute atomic E-state index is 13.4. The SMILES string of the molecule is CCc1nnn(-c2ccc(C(=O)O)c(F)c2)n1. The van der Waals surface area contributed by atoms with Crippen LogP contribution in [0.1, 0.15) is 23.1 Å². The maximum Gasteiger partial charge on any atom is 0.338 e. The number of benzene rings is 1. The molecule has 0 spiro atoms. The van der Waals surface area contributed by atoms with Crippen molar-refractivity contribution in [1.82, 2.24) is 20.2 Å². The Bertz CT molecular complexity index is 567. The van der Waals surface area contributed by atoms with E-state index in [9.17, 15) is 9.18 Å². The molecule has 1 aromatic carbocycles. The van der Waals surface area contributed by atoms with Gasteiger partial charge in [0.25, 0.3) is 0 Å². The Hall–Kier alpha value is -2.31. The summed E-state index contributed by atoms with van der Waals surface area (Å²) in [4.78, 5) is 11.8. The van der Waals surface area contributed by atoms with E-state index in [1.165, 1.54) is 12.1 Å². The molecule has 0 saturated heterocycles. The van der Waals surface area contributed by atoms with E-state index in [0.29, 0.717) is 17.9 Å². The Labute approximate surface area is 95.7 Å². The van der Waals surface area contributed by atoms with E-state index in [-0.39, 0.29) is 5.56 Å². The van der Waals surface area contributed by atoms with Gasteiger partial charge in [-0.3, -0.25) is 0 Å². The zero-order valence-corrected chi connectivity index (χ0v) is 8.96. The highest BCUT2D eigenvalue weighted by molar-refractivity contribution is 5.88. The topological polar surface area (TPSA) is 80.9 Å². The van der Waals surface area contributed by atoms with Crippen LogP contribution in [0.15, 0.2) is 18.2 Å². The lowest BCUT2D eigenvalue weighted by Gasteiger charge is -2.00. The molecule has 0 unspecified atom stereocenters. The first-order valence-electron chi connectivity index (χ1n) is 4.94. The van der Waals surface area contributed by atoms with Crippen LogP contribution in [0, 0.1) is 5.82 Å². The zero-order valence-electron chi connectivity index (χ0n) is 8.96. The summed E-state index contributed by atoms with van der Waals surface area (Å²) in [6.45, 7) is 1.87. The van der Waals surface area contributed by atoms with Crippen LogP contribution in [0.25, 0.3) is 5.69 Å². The highest BCUT2D eigenvalue weighted by atomic mass is 19.1. The first-order chi connectivity index (χ1) is 8.11. The number of hydrogen-bond donors (Lipinski definition) is 1. The van der Waals surface area contributed by atoms with Crippen LogP contribution in [0.2, 0.25) is 0 Å². The molecule has 0 fully saturated rings. The molecule has 0 aliphatic carbocycles. The largest absolute Gasteiger partial charge is 0.478 e. The zero-order chi connectivity index (χ0) is 12.4. The van der Waals surface area contributed by atoms with Gasteiger partial charge in [0.1, 0.15) is 5.82 Å². The number of rotatable bonds is 3. The van der Waals surface area contributed by atoms with E-state index >= 15 is 0 Å². The van der Waals surface area contributed by atoms with Crippen molar-refractivity contribution in [2.24, 2.45) is 0 Å². The second-order valence-electron chi connectivity index (χ2n) is 3.32. The number of halogens is 1. The molecule has 0 amide bonds. The Morgan fingerprint density at radius 1 is 1.53 bits per heavy atom. The lowest BCUT2D eigenvalue weighted by Crippen LogP contribution is -2.04. The molecule has 1 N–H and O–H groups in total. The van der Waals surface area contributed by atoms with Crippen molar-refractivity contribution < 1.29 is 14.3 Å². The van der Waals surface area contributed by atoms with E-state index in [4.69, 9.17) is 5.11 Å². The third-order valence-corrected chi connectivity index (χ3v) is 2.19. The molecule has 0 radical (unpaired) electrons. The summed E-state index contributed by atoms with van der Waals surface area (Å²) in [6.07, 6.45) is 0.621. The van der Waals surface area contributed by atoms with Crippen LogP contribution in [0.4, 0.5) is 4.39 Å². The predicted molar refractivity (Wildman–Crippen MR) is 55.4 cm³/mol. The van der Waals surface area contributed by atoms with Gasteiger partial charge < -0.3 is 5.11 Å². The molecule has 1 heterocycles. The van der Waals surface area contributed by atoms with Gasteiger partial charge in [0.2, 0.25) is 0 Å². The Kier molecular flexibility index (Phi) is 2.82. The number of nitrogens with zero attached hydrogens (tertiary/aromatic N) is 4. The van der Waals surface area contributed by atoms with Gasteiger partial charge in [-0.15, -0.1) is 15.0 Å². The molecule has 6 nitrogen and oxygen atoms in total. The summed E-state index contributed by atoms with van der Waals surface area (Å²) >= 11 is 0. The van der Waals surface area contributed by atoms with Gasteiger partial charge in [-0.25, -0.2) is 9.18 Å². The standard InChI is InChI=1S/C10H9FN4O2/c1-2-9-12-14-15(13-9)6-3-4-7(10(16)17)8(11)5-6/h3-5H,2H2,1H3,(H,16,17). The highest BCUT2D eigenvalue weighted by Crippen LogP contribution is 2.12. The quantitative estimate of drug-likeness (QED) is 0.861. The van der Waals surface area contributed by atoms with Crippen LogP contribution in [-0.2, 0) is 6.42 Å². The fraction of sp³-hybridized carbons (Fsp3) is 0.200. The van der Waals surface area contributed by atoms with Crippen LogP contribution >= 0.6 is 0 Å². The van der Waals surface area contributed by atoms with Crippen molar-refractivity contribution in [2.45, 2.75) is 13.3 Å². The lowest BCUT2D eigenvalue weighted by atomic mass is 10.2. The van der Waals surface area contributed by atoms with Crippen molar-refractivity contribution in [3.8, 4) is 5.69 Å². The fourth-order valence-electron chi connectivity index (χ4n) is 1.30. The summed E-state index contributed by atoms with van der Waals surface area (Å²) in [5.41, 5.74) is -0.0516. The number of aryl methyl sites for hydroxylation is 1. The minimum Gasteiger partial charge on any atom is -0.478 e. The summed E-state index contributed by atoms with van der Waals surface area (Å²) in [6, 6.07) is 3.65. The molecule has 0 bridgehead atoms. The molecule has 2 aromatic rings. The van der Waals surface area contributed by atoms with E-state index in [1.807, 2.05) is 6.92 Å². The maximum atomic E-state index is 13.4. The van der Waals surface area contributed by atoms with Crippen molar-refractivity contribution in [3.05, 3.63) is 35.4 Å². The molecule has 17 heavy (non-hydrogen) atoms. The average molecular weight is 236 g/mol. The minimum absolute atomic E-state index is 0.333. The Balaban J connectivity index is 2.40. The predicted octanol–water partition coefficient (Wildman–Crippen LogP) is 1.06. The number of hydrogen-bond acceptors (Lipinski definition) is 4. The van der Waals surface area contributed by atoms with Crippen LogP contribution < -0.4 is 0 Å². The monoisotopic (exact) mass is 236 g/mol. The fourth-order valence-corrected chi connectivity index (χ4v) is 1.30. The number of tetrazole rings is 1. The van der Waals surface area contributed by atoms with Gasteiger partial charge in [-0.1, -0.05) is 6.92 Å². The second kappa shape index (κ2) is 4.28. The molecule has 0 atom stereocenters. The molecule has 7 heteroatoms. The van der Waals surface area contributed by atoms with E-state index in [2.05, 4.69) is 15.4 Å². The highest BCUT2D eigenvalue weighted by Gasteiger charge is 2.12. The average Bonchev–Trinajstić information content (AvgIpc) is 2.76. The number of carboxylic acids is 1. The normalized spacial score (nSPS) is 10.5. The molecule has 0 saturated carbocycles. The van der Waals surface area contributed by atoms with Gasteiger partial charge in [0, 0.05) is 12.5 Å². The summed E-state index contributed by atoms with van der Waals surface area (Å²) in [5, 5.41) is 20.1. The molecular weight excluding hydrogens is 227 g/mol. The van der Waals surface area contributed by atoms with Crippen molar-refractivity contribution in [1.29, 1.82) is 0 Å². The van der Waals surface area contributed by atoms with Gasteiger partial charge >= 0.3 is 5.97 Å². The van der Waals surface area contributed by atoms with E-state index in [1.54, 1.807) is 0 Å². The van der Waals surface area contributed by atoms with Crippen LogP contribution in [0.3, 0.4) is 0 Å². The van der Waals surface area contributed by atoms with Gasteiger partial charge in [-0.2, -0.15) is 0 Å². The van der Waals surface area contributed by atoms with Crippen molar-refractivity contribution >= 4 is 5.97 Å². The van der Waals surface area contributed by atoms with Crippen molar-refractivity contribution in [2.75, 3.05) is 0 Å². The molecule has 2 rings (SSSR count). The van der Waals surface area contributed by atoms with Crippen LogP contribution in [-0.4, -0.2) is 31.3 Å². The Morgan fingerprint density at radius 2 is 2.29 bits per heavy atom. The van der Waals surface area contributed by atoms with E-state index in [0.717, 1.165) is 10.9 Å². The molecule has 0 aliphatic heterocycles. The number of aromatic nitrogens is 4. The van der Waals surface area contributed by atoms with Gasteiger partial charge in [0.15, 0.2) is 5.82 Å². The second-order valence-corrected chi connectivity index (χ2v) is 3.32. The number of aromatic carboxylic acids is 1. The van der Waals surface area contributed by atoms with Crippen molar-refractivity contribution in [3.63, 3.8) is 0 Å². The smallest absolute Gasteiger partial charge is 0.338 e. The first-order valence-corrected chi connectivity index (χ1v) is 4.94. The summed E-state index contributed by atoms with van der Waals surface area (Å²) < 4.78 is 13.4. The molecule has 88 valence electrons. The molecule has 0 aliphatic rings. The van der Waals surface area contributed by atoms with Crippen LogP contribution in [0.5, 0.6) is 0 Å². The third-order valence-electron chi connectivity index (χ3n) is 2.19. The minimum atomic E-state index is -1.31. The Morgan fingerprint density at radius 3 is 2.82 bits per heavy atom. The van der Waals surface area contributed by atoms with E-state index < -0.39 is 11.8 Å². The number of carboxylic acid groups (broad SMARTS) is 1.